The van der Waals surface area contributed by atoms with Crippen molar-refractivity contribution in [2.24, 2.45) is 7.05 Å². The van der Waals surface area contributed by atoms with Crippen LogP contribution in [0.15, 0.2) is 6.20 Å². The van der Waals surface area contributed by atoms with Gasteiger partial charge >= 0.3 is 0 Å². The number of aryl methyl sites for hydroxylation is 1. The number of ether oxygens (including phenoxy) is 1. The van der Waals surface area contributed by atoms with Gasteiger partial charge in [-0.2, -0.15) is 0 Å². The number of hydrogen-bond donors (Lipinski definition) is 0. The van der Waals surface area contributed by atoms with Crippen LogP contribution in [0.3, 0.4) is 0 Å². The van der Waals surface area contributed by atoms with Crippen molar-refractivity contribution in [3.05, 3.63) is 11.9 Å². The lowest BCUT2D eigenvalue weighted by atomic mass is 10.2. The van der Waals surface area contributed by atoms with E-state index in [9.17, 15) is 9.59 Å². The third kappa shape index (κ3) is 2.90. The van der Waals surface area contributed by atoms with Gasteiger partial charge in [-0.25, -0.2) is 4.68 Å². The predicted molar refractivity (Wildman–Crippen MR) is 65.4 cm³/mol. The molecule has 0 radical (unpaired) electrons. The molecule has 19 heavy (non-hydrogen) atoms. The summed E-state index contributed by atoms with van der Waals surface area (Å²) < 4.78 is 6.35. The fourth-order valence-electron chi connectivity index (χ4n) is 1.97. The average Bonchev–Trinajstić information content (AvgIpc) is 2.82. The summed E-state index contributed by atoms with van der Waals surface area (Å²) in [5.74, 6) is -0.279. The van der Waals surface area contributed by atoms with Crippen LogP contribution in [-0.4, -0.2) is 76.5 Å². The Balaban J connectivity index is 1.97. The summed E-state index contributed by atoms with van der Waals surface area (Å²) in [6, 6.07) is 0. The molecule has 1 aromatic heterocycles. The van der Waals surface area contributed by atoms with E-state index in [0.717, 1.165) is 0 Å². The van der Waals surface area contributed by atoms with E-state index in [0.29, 0.717) is 31.9 Å². The van der Waals surface area contributed by atoms with Crippen molar-refractivity contribution in [1.29, 1.82) is 0 Å². The van der Waals surface area contributed by atoms with E-state index in [2.05, 4.69) is 10.3 Å². The van der Waals surface area contributed by atoms with Crippen molar-refractivity contribution in [2.45, 2.75) is 0 Å². The monoisotopic (exact) mass is 267 g/mol. The van der Waals surface area contributed by atoms with Crippen LogP contribution in [0.1, 0.15) is 10.5 Å². The zero-order chi connectivity index (χ0) is 13.8. The number of aromatic nitrogens is 3. The number of methoxy groups -OCH3 is 1. The lowest BCUT2D eigenvalue weighted by Crippen LogP contribution is -2.53. The Morgan fingerprint density at radius 1 is 1.47 bits per heavy atom. The van der Waals surface area contributed by atoms with Crippen LogP contribution in [0.25, 0.3) is 0 Å². The van der Waals surface area contributed by atoms with Gasteiger partial charge < -0.3 is 14.5 Å². The first-order chi connectivity index (χ1) is 9.13. The van der Waals surface area contributed by atoms with Gasteiger partial charge in [0, 0.05) is 33.8 Å². The van der Waals surface area contributed by atoms with E-state index in [1.807, 2.05) is 0 Å². The minimum Gasteiger partial charge on any atom is -0.383 e. The van der Waals surface area contributed by atoms with Crippen molar-refractivity contribution in [2.75, 3.05) is 39.9 Å². The van der Waals surface area contributed by atoms with E-state index in [-0.39, 0.29) is 18.4 Å². The minimum absolute atomic E-state index is 0.0632. The molecule has 8 nitrogen and oxygen atoms in total. The lowest BCUT2D eigenvalue weighted by Gasteiger charge is -2.34. The van der Waals surface area contributed by atoms with Gasteiger partial charge in [0.25, 0.3) is 5.91 Å². The Morgan fingerprint density at radius 2 is 2.26 bits per heavy atom. The fraction of sp³-hybridized carbons (Fsp3) is 0.636. The third-order valence-electron chi connectivity index (χ3n) is 3.10. The first-order valence-electron chi connectivity index (χ1n) is 6.04. The van der Waals surface area contributed by atoms with E-state index < -0.39 is 0 Å². The number of hydrogen-bond acceptors (Lipinski definition) is 5. The molecule has 1 aromatic rings. The van der Waals surface area contributed by atoms with E-state index in [1.165, 1.54) is 15.8 Å². The number of nitrogens with zero attached hydrogens (tertiary/aromatic N) is 5. The van der Waals surface area contributed by atoms with Gasteiger partial charge in [0.15, 0.2) is 0 Å². The number of carbonyl (C=O) groups excluding carboxylic acids is 2. The van der Waals surface area contributed by atoms with Crippen molar-refractivity contribution in [3.63, 3.8) is 0 Å². The topological polar surface area (TPSA) is 80.6 Å². The van der Waals surface area contributed by atoms with E-state index >= 15 is 0 Å². The molecule has 0 atom stereocenters. The molecule has 104 valence electrons. The zero-order valence-corrected chi connectivity index (χ0v) is 11.1. The van der Waals surface area contributed by atoms with Crippen LogP contribution in [0.5, 0.6) is 0 Å². The van der Waals surface area contributed by atoms with Gasteiger partial charge in [0.2, 0.25) is 5.91 Å². The summed E-state index contributed by atoms with van der Waals surface area (Å²) in [6.45, 7) is 2.20. The zero-order valence-electron chi connectivity index (χ0n) is 11.1. The van der Waals surface area contributed by atoms with Gasteiger partial charge in [0.1, 0.15) is 12.2 Å². The fourth-order valence-corrected chi connectivity index (χ4v) is 1.97. The van der Waals surface area contributed by atoms with Crippen LogP contribution in [0, 0.1) is 0 Å². The molecule has 0 saturated carbocycles. The molecule has 2 amide bonds. The number of rotatable bonds is 4. The Hall–Kier alpha value is -1.96. The van der Waals surface area contributed by atoms with Crippen LogP contribution in [-0.2, 0) is 16.6 Å². The second-order valence-corrected chi connectivity index (χ2v) is 4.34. The maximum absolute atomic E-state index is 12.2. The Kier molecular flexibility index (Phi) is 4.10. The summed E-state index contributed by atoms with van der Waals surface area (Å²) in [5.41, 5.74) is 0.387. The minimum atomic E-state index is -0.216. The summed E-state index contributed by atoms with van der Waals surface area (Å²) in [5, 5.41) is 7.38. The maximum Gasteiger partial charge on any atom is 0.274 e. The SMILES string of the molecule is COCCN1CCN(C(=O)c2cnnn2C)CC1=O. The largest absolute Gasteiger partial charge is 0.383 e. The molecule has 0 aromatic carbocycles. The van der Waals surface area contributed by atoms with Crippen LogP contribution < -0.4 is 0 Å². The molecule has 1 saturated heterocycles. The molecule has 0 aliphatic carbocycles. The number of piperazine rings is 1. The Morgan fingerprint density at radius 3 is 2.84 bits per heavy atom. The molecular weight excluding hydrogens is 250 g/mol. The van der Waals surface area contributed by atoms with Gasteiger partial charge in [-0.1, -0.05) is 5.21 Å². The average molecular weight is 267 g/mol. The quantitative estimate of drug-likeness (QED) is 0.680. The van der Waals surface area contributed by atoms with Crippen LogP contribution in [0.2, 0.25) is 0 Å². The Labute approximate surface area is 110 Å². The number of amides is 2. The van der Waals surface area contributed by atoms with E-state index in [1.54, 1.807) is 19.1 Å². The third-order valence-corrected chi connectivity index (χ3v) is 3.10. The van der Waals surface area contributed by atoms with Crippen LogP contribution >= 0.6 is 0 Å². The second-order valence-electron chi connectivity index (χ2n) is 4.34. The highest BCUT2D eigenvalue weighted by Crippen LogP contribution is 2.08. The van der Waals surface area contributed by atoms with Crippen molar-refractivity contribution in [1.82, 2.24) is 24.8 Å². The lowest BCUT2D eigenvalue weighted by molar-refractivity contribution is -0.135. The summed E-state index contributed by atoms with van der Waals surface area (Å²) in [7, 11) is 3.25. The van der Waals surface area contributed by atoms with Crippen LogP contribution in [0.4, 0.5) is 0 Å². The van der Waals surface area contributed by atoms with Gasteiger partial charge in [-0.3, -0.25) is 9.59 Å². The normalized spacial score (nSPS) is 16.0. The first-order valence-corrected chi connectivity index (χ1v) is 6.04. The molecule has 8 heteroatoms. The standard InChI is InChI=1S/C11H17N5O3/c1-14-9(7-12-13-14)11(18)16-4-3-15(5-6-19-2)10(17)8-16/h7H,3-6,8H2,1-2H3. The summed E-state index contributed by atoms with van der Waals surface area (Å²) in [4.78, 5) is 27.3. The molecule has 2 heterocycles. The molecule has 1 aliphatic heterocycles. The second kappa shape index (κ2) is 5.79. The maximum atomic E-state index is 12.2. The molecule has 0 spiro atoms. The van der Waals surface area contributed by atoms with E-state index in [4.69, 9.17) is 4.74 Å². The van der Waals surface area contributed by atoms with Gasteiger partial charge in [0.05, 0.1) is 12.8 Å². The van der Waals surface area contributed by atoms with Crippen molar-refractivity contribution >= 4 is 11.8 Å². The molecule has 1 fully saturated rings. The summed E-state index contributed by atoms with van der Waals surface area (Å²) in [6.07, 6.45) is 1.41. The predicted octanol–water partition coefficient (Wildman–Crippen LogP) is -1.25. The van der Waals surface area contributed by atoms with Gasteiger partial charge in [-0.15, -0.1) is 5.10 Å². The first kappa shape index (κ1) is 13.5. The molecule has 0 bridgehead atoms. The smallest absolute Gasteiger partial charge is 0.274 e. The molecule has 1 aliphatic rings. The highest BCUT2D eigenvalue weighted by molar-refractivity contribution is 5.95. The molecule has 2 rings (SSSR count). The highest BCUT2D eigenvalue weighted by atomic mass is 16.5. The van der Waals surface area contributed by atoms with Gasteiger partial charge in [-0.05, 0) is 0 Å². The molecular formula is C11H17N5O3. The Bertz CT molecular complexity index is 473. The highest BCUT2D eigenvalue weighted by Gasteiger charge is 2.28. The number of carbonyl (C=O) groups is 2. The molecule has 0 unspecified atom stereocenters. The molecule has 0 N–H and O–H groups in total. The van der Waals surface area contributed by atoms with Crippen molar-refractivity contribution in [3.8, 4) is 0 Å². The summed E-state index contributed by atoms with van der Waals surface area (Å²) >= 11 is 0. The van der Waals surface area contributed by atoms with Crippen molar-refractivity contribution < 1.29 is 14.3 Å².